The molecule has 0 amide bonds. The summed E-state index contributed by atoms with van der Waals surface area (Å²) in [5, 5.41) is 13.1. The lowest BCUT2D eigenvalue weighted by Crippen LogP contribution is -1.93. The zero-order valence-electron chi connectivity index (χ0n) is 8.94. The Bertz CT molecular complexity index is 456. The van der Waals surface area contributed by atoms with E-state index in [-0.39, 0.29) is 0 Å². The fraction of sp³-hybridized carbons (Fsp3) is 0.167. The summed E-state index contributed by atoms with van der Waals surface area (Å²) in [5.41, 5.74) is 2.28. The maximum absolute atomic E-state index is 8.80. The third-order valence-electron chi connectivity index (χ3n) is 1.93. The van der Waals surface area contributed by atoms with Gasteiger partial charge < -0.3 is 0 Å². The summed E-state index contributed by atoms with van der Waals surface area (Å²) in [6, 6.07) is 3.84. The normalized spacial score (nSPS) is 11.7. The van der Waals surface area contributed by atoms with Crippen LogP contribution >= 0.6 is 0 Å². The Morgan fingerprint density at radius 2 is 2.40 bits per heavy atom. The van der Waals surface area contributed by atoms with E-state index in [9.17, 15) is 0 Å². The summed E-state index contributed by atoms with van der Waals surface area (Å²) in [5.74, 6) is 0. The molecule has 0 saturated carbocycles. The van der Waals surface area contributed by atoms with Gasteiger partial charge in [0.25, 0.3) is 0 Å². The molecule has 0 fully saturated rings. The molecule has 0 unspecified atom stereocenters. The number of allylic oxidation sites excluding steroid dienone is 5. The van der Waals surface area contributed by atoms with Crippen molar-refractivity contribution in [3.05, 3.63) is 48.3 Å². The third-order valence-corrected chi connectivity index (χ3v) is 1.93. The molecule has 1 aromatic rings. The quantitative estimate of drug-likeness (QED) is 0.701. The van der Waals surface area contributed by atoms with Gasteiger partial charge in [0.1, 0.15) is 11.8 Å². The summed E-state index contributed by atoms with van der Waals surface area (Å²) >= 11 is 0. The standard InChI is InChI=1S/C12H13N3/c1-4-6-10(7-5-2)12-8-11(9-13)15(3)14-12/h4-8H,1H2,2-3H3/b7-5-,10-6+. The molecule has 1 aromatic heterocycles. The molecular formula is C12H13N3. The minimum Gasteiger partial charge on any atom is -0.257 e. The number of hydrogen-bond acceptors (Lipinski definition) is 2. The Hall–Kier alpha value is -2.08. The molecule has 15 heavy (non-hydrogen) atoms. The molecule has 76 valence electrons. The van der Waals surface area contributed by atoms with Gasteiger partial charge in [-0.1, -0.05) is 30.9 Å². The van der Waals surface area contributed by atoms with Crippen LogP contribution in [0.15, 0.2) is 36.9 Å². The lowest BCUT2D eigenvalue weighted by atomic mass is 10.1. The first-order chi connectivity index (χ1) is 7.22. The van der Waals surface area contributed by atoms with Crippen LogP contribution in [0.3, 0.4) is 0 Å². The number of aromatic nitrogens is 2. The maximum atomic E-state index is 8.80. The van der Waals surface area contributed by atoms with E-state index < -0.39 is 0 Å². The lowest BCUT2D eigenvalue weighted by molar-refractivity contribution is 0.752. The monoisotopic (exact) mass is 199 g/mol. The number of rotatable bonds is 3. The van der Waals surface area contributed by atoms with Gasteiger partial charge in [0.15, 0.2) is 0 Å². The predicted molar refractivity (Wildman–Crippen MR) is 60.9 cm³/mol. The van der Waals surface area contributed by atoms with Gasteiger partial charge in [0.2, 0.25) is 0 Å². The van der Waals surface area contributed by atoms with Crippen molar-refractivity contribution in [2.75, 3.05) is 0 Å². The van der Waals surface area contributed by atoms with Crippen LogP contribution in [0.25, 0.3) is 5.57 Å². The van der Waals surface area contributed by atoms with Gasteiger partial charge in [-0.05, 0) is 6.92 Å². The van der Waals surface area contributed by atoms with Gasteiger partial charge in [-0.3, -0.25) is 4.68 Å². The van der Waals surface area contributed by atoms with Crippen molar-refractivity contribution in [1.82, 2.24) is 9.78 Å². The van der Waals surface area contributed by atoms with E-state index in [0.29, 0.717) is 5.69 Å². The van der Waals surface area contributed by atoms with Crippen molar-refractivity contribution in [3.63, 3.8) is 0 Å². The van der Waals surface area contributed by atoms with E-state index in [2.05, 4.69) is 17.7 Å². The van der Waals surface area contributed by atoms with Gasteiger partial charge in [-0.15, -0.1) is 0 Å². The van der Waals surface area contributed by atoms with Gasteiger partial charge >= 0.3 is 0 Å². The smallest absolute Gasteiger partial charge is 0.138 e. The largest absolute Gasteiger partial charge is 0.257 e. The molecule has 3 heteroatoms. The van der Waals surface area contributed by atoms with Crippen molar-refractivity contribution in [1.29, 1.82) is 5.26 Å². The second-order valence-electron chi connectivity index (χ2n) is 3.01. The van der Waals surface area contributed by atoms with Crippen molar-refractivity contribution in [2.45, 2.75) is 6.92 Å². The summed E-state index contributed by atoms with van der Waals surface area (Å²) in [7, 11) is 1.75. The SMILES string of the molecule is C=C/C=C(\C=C/C)c1cc(C#N)n(C)n1. The Morgan fingerprint density at radius 1 is 1.67 bits per heavy atom. The number of nitrogens with zero attached hydrogens (tertiary/aromatic N) is 3. The van der Waals surface area contributed by atoms with E-state index in [1.165, 1.54) is 0 Å². The molecule has 0 atom stereocenters. The predicted octanol–water partition coefficient (Wildman–Crippen LogP) is 2.44. The van der Waals surface area contributed by atoms with Gasteiger partial charge in [-0.25, -0.2) is 0 Å². The second kappa shape index (κ2) is 4.97. The molecule has 0 spiro atoms. The molecule has 1 heterocycles. The first-order valence-corrected chi connectivity index (χ1v) is 4.62. The van der Waals surface area contributed by atoms with Crippen LogP contribution in [0.2, 0.25) is 0 Å². The number of aryl methyl sites for hydroxylation is 1. The Kier molecular flexibility index (Phi) is 3.64. The fourth-order valence-electron chi connectivity index (χ4n) is 1.25. The Labute approximate surface area is 89.6 Å². The summed E-state index contributed by atoms with van der Waals surface area (Å²) < 4.78 is 1.57. The second-order valence-corrected chi connectivity index (χ2v) is 3.01. The summed E-state index contributed by atoms with van der Waals surface area (Å²) in [4.78, 5) is 0. The highest BCUT2D eigenvalue weighted by molar-refractivity contribution is 5.73. The molecule has 0 aliphatic rings. The zero-order chi connectivity index (χ0) is 11.3. The molecule has 0 N–H and O–H groups in total. The fourth-order valence-corrected chi connectivity index (χ4v) is 1.25. The average molecular weight is 199 g/mol. The van der Waals surface area contributed by atoms with Crippen LogP contribution in [0, 0.1) is 11.3 Å². The van der Waals surface area contributed by atoms with E-state index in [4.69, 9.17) is 5.26 Å². The minimum absolute atomic E-state index is 0.546. The molecule has 0 radical (unpaired) electrons. The van der Waals surface area contributed by atoms with Crippen LogP contribution in [0.5, 0.6) is 0 Å². The van der Waals surface area contributed by atoms with Crippen molar-refractivity contribution < 1.29 is 0 Å². The van der Waals surface area contributed by atoms with Crippen LogP contribution in [0.1, 0.15) is 18.3 Å². The summed E-state index contributed by atoms with van der Waals surface area (Å²) in [6.07, 6.45) is 7.43. The van der Waals surface area contributed by atoms with Gasteiger partial charge in [0.05, 0.1) is 5.69 Å². The Balaban J connectivity index is 3.19. The van der Waals surface area contributed by atoms with E-state index in [1.54, 1.807) is 23.9 Å². The lowest BCUT2D eigenvalue weighted by Gasteiger charge is -1.94. The number of nitriles is 1. The van der Waals surface area contributed by atoms with Crippen LogP contribution < -0.4 is 0 Å². The first kappa shape index (κ1) is 11.0. The van der Waals surface area contributed by atoms with E-state index in [1.807, 2.05) is 25.2 Å². The highest BCUT2D eigenvalue weighted by Crippen LogP contribution is 2.15. The Morgan fingerprint density at radius 3 is 2.87 bits per heavy atom. The molecule has 0 aliphatic carbocycles. The van der Waals surface area contributed by atoms with E-state index in [0.717, 1.165) is 11.3 Å². The highest BCUT2D eigenvalue weighted by Gasteiger charge is 2.05. The van der Waals surface area contributed by atoms with E-state index >= 15 is 0 Å². The van der Waals surface area contributed by atoms with Gasteiger partial charge in [-0.2, -0.15) is 10.4 Å². The van der Waals surface area contributed by atoms with Gasteiger partial charge in [0, 0.05) is 18.7 Å². The van der Waals surface area contributed by atoms with Crippen LogP contribution in [-0.4, -0.2) is 9.78 Å². The highest BCUT2D eigenvalue weighted by atomic mass is 15.3. The maximum Gasteiger partial charge on any atom is 0.138 e. The molecule has 0 aromatic carbocycles. The number of hydrogen-bond donors (Lipinski definition) is 0. The van der Waals surface area contributed by atoms with Crippen molar-refractivity contribution >= 4 is 5.57 Å². The molecule has 0 aliphatic heterocycles. The zero-order valence-corrected chi connectivity index (χ0v) is 8.94. The molecule has 3 nitrogen and oxygen atoms in total. The first-order valence-electron chi connectivity index (χ1n) is 4.62. The van der Waals surface area contributed by atoms with Crippen LogP contribution in [0.4, 0.5) is 0 Å². The summed E-state index contributed by atoms with van der Waals surface area (Å²) in [6.45, 7) is 5.58. The average Bonchev–Trinajstić information content (AvgIpc) is 2.59. The third kappa shape index (κ3) is 2.44. The topological polar surface area (TPSA) is 41.6 Å². The minimum atomic E-state index is 0.546. The molecule has 1 rings (SSSR count). The molecular weight excluding hydrogens is 186 g/mol. The molecule has 0 bridgehead atoms. The van der Waals surface area contributed by atoms with Crippen LogP contribution in [-0.2, 0) is 7.05 Å². The van der Waals surface area contributed by atoms with Crippen molar-refractivity contribution in [2.24, 2.45) is 7.05 Å². The van der Waals surface area contributed by atoms with Crippen molar-refractivity contribution in [3.8, 4) is 6.07 Å². The molecule has 0 saturated heterocycles.